The van der Waals surface area contributed by atoms with Crippen molar-refractivity contribution >= 4 is 6.08 Å². The van der Waals surface area contributed by atoms with Gasteiger partial charge in [0.1, 0.15) is 0 Å². The molecule has 2 N–H and O–H groups in total. The fourth-order valence-corrected chi connectivity index (χ4v) is 1.57. The van der Waals surface area contributed by atoms with Crippen LogP contribution in [0.25, 0.3) is 6.08 Å². The fourth-order valence-electron chi connectivity index (χ4n) is 1.57. The zero-order chi connectivity index (χ0) is 11.2. The van der Waals surface area contributed by atoms with Gasteiger partial charge in [0.05, 0.1) is 0 Å². The molecule has 2 aromatic carbocycles. The van der Waals surface area contributed by atoms with Gasteiger partial charge in [-0.3, -0.25) is 0 Å². The van der Waals surface area contributed by atoms with Gasteiger partial charge in [0, 0.05) is 6.04 Å². The zero-order valence-corrected chi connectivity index (χ0v) is 9.08. The highest BCUT2D eigenvalue weighted by molar-refractivity contribution is 5.50. The van der Waals surface area contributed by atoms with Crippen molar-refractivity contribution in [2.24, 2.45) is 5.73 Å². The lowest BCUT2D eigenvalue weighted by atomic mass is 10.1. The van der Waals surface area contributed by atoms with E-state index in [1.54, 1.807) is 0 Å². The van der Waals surface area contributed by atoms with Gasteiger partial charge in [-0.05, 0) is 11.1 Å². The molecule has 0 aliphatic carbocycles. The highest BCUT2D eigenvalue weighted by Gasteiger charge is 1.99. The molecule has 1 atom stereocenters. The van der Waals surface area contributed by atoms with Crippen molar-refractivity contribution in [3.63, 3.8) is 0 Å². The first-order chi connectivity index (χ1) is 7.86. The molecule has 0 radical (unpaired) electrons. The molecule has 0 fully saturated rings. The molecule has 16 heavy (non-hydrogen) atoms. The van der Waals surface area contributed by atoms with Crippen LogP contribution in [0.15, 0.2) is 66.7 Å². The topological polar surface area (TPSA) is 26.0 Å². The Hall–Kier alpha value is -1.86. The molecule has 0 aliphatic heterocycles. The van der Waals surface area contributed by atoms with E-state index >= 15 is 0 Å². The van der Waals surface area contributed by atoms with Crippen LogP contribution in [0.4, 0.5) is 0 Å². The largest absolute Gasteiger partial charge is 0.321 e. The van der Waals surface area contributed by atoms with E-state index in [9.17, 15) is 0 Å². The highest BCUT2D eigenvalue weighted by Crippen LogP contribution is 2.12. The Labute approximate surface area is 96.2 Å². The summed E-state index contributed by atoms with van der Waals surface area (Å²) in [5.41, 5.74) is 8.36. The predicted octanol–water partition coefficient (Wildman–Crippen LogP) is 3.40. The van der Waals surface area contributed by atoms with Gasteiger partial charge in [0.25, 0.3) is 0 Å². The van der Waals surface area contributed by atoms with Gasteiger partial charge in [-0.25, -0.2) is 0 Å². The van der Waals surface area contributed by atoms with Crippen molar-refractivity contribution in [2.75, 3.05) is 0 Å². The average molecular weight is 209 g/mol. The third kappa shape index (κ3) is 2.81. The van der Waals surface area contributed by atoms with E-state index in [0.717, 1.165) is 5.56 Å². The average Bonchev–Trinajstić information content (AvgIpc) is 2.38. The maximum atomic E-state index is 6.06. The van der Waals surface area contributed by atoms with Crippen LogP contribution in [0.5, 0.6) is 0 Å². The van der Waals surface area contributed by atoms with Crippen molar-refractivity contribution in [3.05, 3.63) is 77.9 Å². The SMILES string of the molecule is NC(/C=C/c1ccccc1)c1ccccc1. The van der Waals surface area contributed by atoms with Crippen LogP contribution >= 0.6 is 0 Å². The van der Waals surface area contributed by atoms with Gasteiger partial charge in [0.2, 0.25) is 0 Å². The van der Waals surface area contributed by atoms with Crippen molar-refractivity contribution < 1.29 is 0 Å². The molecule has 80 valence electrons. The van der Waals surface area contributed by atoms with E-state index in [-0.39, 0.29) is 6.04 Å². The Kier molecular flexibility index (Phi) is 3.52. The van der Waals surface area contributed by atoms with Crippen LogP contribution in [-0.4, -0.2) is 0 Å². The first kappa shape index (κ1) is 10.7. The summed E-state index contributed by atoms with van der Waals surface area (Å²) in [7, 11) is 0. The molecule has 0 aliphatic rings. The number of benzene rings is 2. The van der Waals surface area contributed by atoms with Gasteiger partial charge >= 0.3 is 0 Å². The molecule has 0 amide bonds. The molecule has 0 saturated carbocycles. The summed E-state index contributed by atoms with van der Waals surface area (Å²) in [6.45, 7) is 0. The fraction of sp³-hybridized carbons (Fsp3) is 0.0667. The predicted molar refractivity (Wildman–Crippen MR) is 68.8 cm³/mol. The molecule has 0 heterocycles. The van der Waals surface area contributed by atoms with Crippen molar-refractivity contribution in [1.29, 1.82) is 0 Å². The molecule has 1 unspecified atom stereocenters. The van der Waals surface area contributed by atoms with Gasteiger partial charge in [0.15, 0.2) is 0 Å². The number of nitrogens with two attached hydrogens (primary N) is 1. The monoisotopic (exact) mass is 209 g/mol. The Balaban J connectivity index is 2.08. The smallest absolute Gasteiger partial charge is 0.0484 e. The molecule has 1 heteroatoms. The molecular formula is C15H15N. The summed E-state index contributed by atoms with van der Waals surface area (Å²) in [5.74, 6) is 0. The summed E-state index contributed by atoms with van der Waals surface area (Å²) >= 11 is 0. The van der Waals surface area contributed by atoms with E-state index in [2.05, 4.69) is 18.2 Å². The maximum absolute atomic E-state index is 6.06. The standard InChI is InChI=1S/C15H15N/c16-15(14-9-5-2-6-10-14)12-11-13-7-3-1-4-8-13/h1-12,15H,16H2/b12-11+. The molecule has 0 spiro atoms. The van der Waals surface area contributed by atoms with Crippen LogP contribution < -0.4 is 5.73 Å². The summed E-state index contributed by atoms with van der Waals surface area (Å²) in [5, 5.41) is 0. The summed E-state index contributed by atoms with van der Waals surface area (Å²) < 4.78 is 0. The van der Waals surface area contributed by atoms with Crippen LogP contribution in [0.3, 0.4) is 0 Å². The third-order valence-corrected chi connectivity index (χ3v) is 2.48. The van der Waals surface area contributed by atoms with Crippen molar-refractivity contribution in [3.8, 4) is 0 Å². The minimum Gasteiger partial charge on any atom is -0.321 e. The normalized spacial score (nSPS) is 12.8. The lowest BCUT2D eigenvalue weighted by molar-refractivity contribution is 0.916. The molecule has 2 aromatic rings. The minimum atomic E-state index is -0.0404. The second-order valence-electron chi connectivity index (χ2n) is 3.71. The van der Waals surface area contributed by atoms with Crippen LogP contribution in [0.2, 0.25) is 0 Å². The molecule has 0 saturated heterocycles. The summed E-state index contributed by atoms with van der Waals surface area (Å²) in [4.78, 5) is 0. The number of hydrogen-bond donors (Lipinski definition) is 1. The second kappa shape index (κ2) is 5.29. The van der Waals surface area contributed by atoms with E-state index < -0.39 is 0 Å². The van der Waals surface area contributed by atoms with Crippen LogP contribution in [0, 0.1) is 0 Å². The molecule has 2 rings (SSSR count). The lowest BCUT2D eigenvalue weighted by Crippen LogP contribution is -2.06. The van der Waals surface area contributed by atoms with Crippen molar-refractivity contribution in [2.45, 2.75) is 6.04 Å². The zero-order valence-electron chi connectivity index (χ0n) is 9.08. The minimum absolute atomic E-state index is 0.0404. The first-order valence-corrected chi connectivity index (χ1v) is 5.40. The van der Waals surface area contributed by atoms with Gasteiger partial charge in [-0.2, -0.15) is 0 Å². The van der Waals surface area contributed by atoms with E-state index in [0.29, 0.717) is 0 Å². The van der Waals surface area contributed by atoms with Gasteiger partial charge in [-0.1, -0.05) is 72.8 Å². The Bertz CT molecular complexity index is 445. The Morgan fingerprint density at radius 3 is 2.00 bits per heavy atom. The first-order valence-electron chi connectivity index (χ1n) is 5.40. The van der Waals surface area contributed by atoms with E-state index in [1.807, 2.05) is 54.6 Å². The van der Waals surface area contributed by atoms with E-state index in [4.69, 9.17) is 5.73 Å². The molecule has 0 bridgehead atoms. The van der Waals surface area contributed by atoms with Crippen molar-refractivity contribution in [1.82, 2.24) is 0 Å². The molecule has 1 nitrogen and oxygen atoms in total. The number of hydrogen-bond acceptors (Lipinski definition) is 1. The molecular weight excluding hydrogens is 194 g/mol. The summed E-state index contributed by atoms with van der Waals surface area (Å²) in [6, 6.07) is 20.2. The Morgan fingerprint density at radius 2 is 1.38 bits per heavy atom. The van der Waals surface area contributed by atoms with Gasteiger partial charge < -0.3 is 5.73 Å². The quantitative estimate of drug-likeness (QED) is 0.823. The van der Waals surface area contributed by atoms with E-state index in [1.165, 1.54) is 5.56 Å². The Morgan fingerprint density at radius 1 is 0.812 bits per heavy atom. The van der Waals surface area contributed by atoms with Crippen LogP contribution in [-0.2, 0) is 0 Å². The van der Waals surface area contributed by atoms with Crippen LogP contribution in [0.1, 0.15) is 17.2 Å². The van der Waals surface area contributed by atoms with Gasteiger partial charge in [-0.15, -0.1) is 0 Å². The lowest BCUT2D eigenvalue weighted by Gasteiger charge is -2.05. The summed E-state index contributed by atoms with van der Waals surface area (Å²) in [6.07, 6.45) is 4.07. The number of rotatable bonds is 3. The molecule has 0 aromatic heterocycles. The second-order valence-corrected chi connectivity index (χ2v) is 3.71. The third-order valence-electron chi connectivity index (χ3n) is 2.48. The maximum Gasteiger partial charge on any atom is 0.0484 e. The highest BCUT2D eigenvalue weighted by atomic mass is 14.6.